The molecule has 2 rings (SSSR count). The Bertz CT molecular complexity index is 547. The first kappa shape index (κ1) is 10.5. The van der Waals surface area contributed by atoms with E-state index in [1.165, 1.54) is 10.3 Å². The van der Waals surface area contributed by atoms with Gasteiger partial charge < -0.3 is 4.52 Å². The maximum absolute atomic E-state index is 10.7. The summed E-state index contributed by atoms with van der Waals surface area (Å²) in [6.07, 6.45) is 1.31. The third-order valence-electron chi connectivity index (χ3n) is 1.85. The summed E-state index contributed by atoms with van der Waals surface area (Å²) in [6, 6.07) is 6.88. The lowest BCUT2D eigenvalue weighted by Gasteiger charge is -2.03. The van der Waals surface area contributed by atoms with Crippen LogP contribution in [0.1, 0.15) is 0 Å². The van der Waals surface area contributed by atoms with Gasteiger partial charge in [0.25, 0.3) is 0 Å². The van der Waals surface area contributed by atoms with Crippen LogP contribution in [-0.4, -0.2) is 13.9 Å². The molecule has 0 aliphatic carbocycles. The number of phosphoric ester groups is 1. The Morgan fingerprint density at radius 1 is 1.33 bits per heavy atom. The summed E-state index contributed by atoms with van der Waals surface area (Å²) < 4.78 is 16.4. The van der Waals surface area contributed by atoms with Gasteiger partial charge >= 0.3 is 7.82 Å². The number of halogens is 1. The molecule has 5 nitrogen and oxygen atoms in total. The van der Waals surface area contributed by atoms with Gasteiger partial charge in [-0.3, -0.25) is 13.9 Å². The van der Waals surface area contributed by atoms with Crippen LogP contribution in [0.5, 0.6) is 5.75 Å². The topological polar surface area (TPSA) is 71.7 Å². The van der Waals surface area contributed by atoms with Gasteiger partial charge in [-0.25, -0.2) is 4.57 Å². The number of para-hydroxylation sites is 1. The Labute approximate surface area is 90.2 Å². The number of hydrogen-bond acceptors (Lipinski definition) is 2. The van der Waals surface area contributed by atoms with E-state index in [0.29, 0.717) is 10.9 Å². The molecule has 0 saturated carbocycles. The molecule has 15 heavy (non-hydrogen) atoms. The number of rotatable bonds is 2. The monoisotopic (exact) mass is 247 g/mol. The Balaban J connectivity index is 2.58. The van der Waals surface area contributed by atoms with Crippen LogP contribution in [0.15, 0.2) is 30.5 Å². The van der Waals surface area contributed by atoms with Gasteiger partial charge in [-0.15, -0.1) is 0 Å². The summed E-state index contributed by atoms with van der Waals surface area (Å²) in [6.45, 7) is 0. The molecule has 1 aromatic heterocycles. The van der Waals surface area contributed by atoms with Gasteiger partial charge in [-0.1, -0.05) is 12.1 Å². The standard InChI is InChI=1S/C8H7ClNO4P/c9-10-5-8(14-15(11,12)13)6-3-1-2-4-7(6)10/h1-5H,(H2,11,12,13). The van der Waals surface area contributed by atoms with E-state index < -0.39 is 7.82 Å². The molecule has 7 heteroatoms. The first-order chi connectivity index (χ1) is 6.97. The zero-order valence-electron chi connectivity index (χ0n) is 7.37. The van der Waals surface area contributed by atoms with Crippen molar-refractivity contribution in [2.75, 3.05) is 0 Å². The largest absolute Gasteiger partial charge is 0.524 e. The smallest absolute Gasteiger partial charge is 0.402 e. The number of benzene rings is 1. The van der Waals surface area contributed by atoms with Crippen molar-refractivity contribution in [3.63, 3.8) is 0 Å². The minimum atomic E-state index is -4.55. The van der Waals surface area contributed by atoms with Crippen LogP contribution in [0, 0.1) is 0 Å². The summed E-state index contributed by atoms with van der Waals surface area (Å²) in [5.74, 6) is 0.0638. The highest BCUT2D eigenvalue weighted by atomic mass is 35.5. The molecule has 0 fully saturated rings. The predicted octanol–water partition coefficient (Wildman–Crippen LogP) is 2.11. The van der Waals surface area contributed by atoms with Crippen LogP contribution in [0.25, 0.3) is 10.9 Å². The van der Waals surface area contributed by atoms with E-state index in [1.807, 2.05) is 0 Å². The Morgan fingerprint density at radius 2 is 2.00 bits per heavy atom. The van der Waals surface area contributed by atoms with Crippen LogP contribution in [0.2, 0.25) is 0 Å². The van der Waals surface area contributed by atoms with Gasteiger partial charge in [-0.05, 0) is 12.1 Å². The molecule has 0 atom stereocenters. The molecule has 0 aliphatic rings. The predicted molar refractivity (Wildman–Crippen MR) is 55.9 cm³/mol. The summed E-state index contributed by atoms with van der Waals surface area (Å²) in [4.78, 5) is 17.4. The first-order valence-corrected chi connectivity index (χ1v) is 5.85. The molecule has 0 bridgehead atoms. The van der Waals surface area contributed by atoms with E-state index in [4.69, 9.17) is 21.6 Å². The Kier molecular flexibility index (Phi) is 2.48. The first-order valence-electron chi connectivity index (χ1n) is 3.99. The van der Waals surface area contributed by atoms with Crippen LogP contribution in [-0.2, 0) is 4.57 Å². The van der Waals surface area contributed by atoms with Crippen molar-refractivity contribution in [2.45, 2.75) is 0 Å². The maximum atomic E-state index is 10.7. The SMILES string of the molecule is O=P(O)(O)Oc1cn(Cl)c2ccccc12. The molecule has 0 radical (unpaired) electrons. The lowest BCUT2D eigenvalue weighted by atomic mass is 10.2. The van der Waals surface area contributed by atoms with Gasteiger partial charge in [0.05, 0.1) is 11.7 Å². The second-order valence-corrected chi connectivity index (χ2v) is 4.43. The molecule has 0 aliphatic heterocycles. The zero-order valence-corrected chi connectivity index (χ0v) is 9.02. The van der Waals surface area contributed by atoms with Gasteiger partial charge in [-0.2, -0.15) is 0 Å². The Hall–Kier alpha value is -1.00. The lowest BCUT2D eigenvalue weighted by Crippen LogP contribution is -1.88. The quantitative estimate of drug-likeness (QED) is 0.798. The summed E-state index contributed by atoms with van der Waals surface area (Å²) in [5.41, 5.74) is 0.627. The average Bonchev–Trinajstić information content (AvgIpc) is 2.42. The van der Waals surface area contributed by atoms with Crippen molar-refractivity contribution in [1.29, 1.82) is 0 Å². The van der Waals surface area contributed by atoms with Crippen LogP contribution < -0.4 is 4.52 Å². The average molecular weight is 248 g/mol. The van der Waals surface area contributed by atoms with Gasteiger partial charge in [0, 0.05) is 17.2 Å². The van der Waals surface area contributed by atoms with Crippen LogP contribution in [0.3, 0.4) is 0 Å². The van der Waals surface area contributed by atoms with Crippen LogP contribution >= 0.6 is 19.6 Å². The fourth-order valence-corrected chi connectivity index (χ4v) is 1.95. The molecule has 2 N–H and O–H groups in total. The van der Waals surface area contributed by atoms with Gasteiger partial charge in [0.15, 0.2) is 5.75 Å². The molecular weight excluding hydrogens is 241 g/mol. The summed E-state index contributed by atoms with van der Waals surface area (Å²) >= 11 is 5.79. The lowest BCUT2D eigenvalue weighted by molar-refractivity contribution is 0.284. The van der Waals surface area contributed by atoms with Crippen molar-refractivity contribution in [3.8, 4) is 5.75 Å². The molecule has 1 heterocycles. The van der Waals surface area contributed by atoms with E-state index in [1.54, 1.807) is 24.3 Å². The summed E-state index contributed by atoms with van der Waals surface area (Å²) in [5, 5.41) is 0.552. The highest BCUT2D eigenvalue weighted by Gasteiger charge is 2.19. The zero-order chi connectivity index (χ0) is 11.1. The third kappa shape index (κ3) is 2.16. The van der Waals surface area contributed by atoms with E-state index >= 15 is 0 Å². The molecule has 0 amide bonds. The van der Waals surface area contributed by atoms with Crippen molar-refractivity contribution >= 4 is 30.5 Å². The fourth-order valence-electron chi connectivity index (χ4n) is 1.31. The normalized spacial score (nSPS) is 11.9. The molecule has 0 unspecified atom stereocenters. The number of fused-ring (bicyclic) bond motifs is 1. The number of hydrogen-bond donors (Lipinski definition) is 2. The van der Waals surface area contributed by atoms with Gasteiger partial charge in [0.2, 0.25) is 0 Å². The number of nitrogens with zero attached hydrogens (tertiary/aromatic N) is 1. The van der Waals surface area contributed by atoms with E-state index in [-0.39, 0.29) is 5.75 Å². The molecule has 1 aromatic carbocycles. The minimum Gasteiger partial charge on any atom is -0.402 e. The van der Waals surface area contributed by atoms with Gasteiger partial charge in [0.1, 0.15) is 0 Å². The second kappa shape index (κ2) is 3.54. The molecule has 2 aromatic rings. The highest BCUT2D eigenvalue weighted by Crippen LogP contribution is 2.41. The molecule has 0 spiro atoms. The molecule has 0 saturated heterocycles. The van der Waals surface area contributed by atoms with Crippen molar-refractivity contribution < 1.29 is 18.9 Å². The van der Waals surface area contributed by atoms with Crippen molar-refractivity contribution in [3.05, 3.63) is 30.5 Å². The van der Waals surface area contributed by atoms with Crippen LogP contribution in [0.4, 0.5) is 0 Å². The molecule has 80 valence electrons. The minimum absolute atomic E-state index is 0.0638. The Morgan fingerprint density at radius 3 is 2.67 bits per heavy atom. The van der Waals surface area contributed by atoms with E-state index in [9.17, 15) is 4.57 Å². The third-order valence-corrected chi connectivity index (χ3v) is 2.56. The number of phosphoric acid groups is 1. The van der Waals surface area contributed by atoms with Crippen molar-refractivity contribution in [1.82, 2.24) is 4.09 Å². The summed E-state index contributed by atoms with van der Waals surface area (Å²) in [7, 11) is -4.55. The number of aromatic nitrogens is 1. The van der Waals surface area contributed by atoms with E-state index in [0.717, 1.165) is 0 Å². The second-order valence-electron chi connectivity index (χ2n) is 2.90. The highest BCUT2D eigenvalue weighted by molar-refractivity contribution is 7.46. The maximum Gasteiger partial charge on any atom is 0.524 e. The van der Waals surface area contributed by atoms with Crippen molar-refractivity contribution in [2.24, 2.45) is 0 Å². The fraction of sp³-hybridized carbons (Fsp3) is 0. The van der Waals surface area contributed by atoms with E-state index in [2.05, 4.69) is 4.52 Å². The molecular formula is C8H7ClNO4P.